The molecule has 0 aliphatic rings. The summed E-state index contributed by atoms with van der Waals surface area (Å²) in [5.74, 6) is -0.326. The van der Waals surface area contributed by atoms with Crippen molar-refractivity contribution in [3.8, 4) is 0 Å². The van der Waals surface area contributed by atoms with Gasteiger partial charge in [0.15, 0.2) is 0 Å². The van der Waals surface area contributed by atoms with Gasteiger partial charge in [0.2, 0.25) is 11.9 Å². The number of carbonyl (C=O) groups excluding carboxylic acids is 2. The molecule has 0 bridgehead atoms. The van der Waals surface area contributed by atoms with Crippen LogP contribution in [-0.2, 0) is 4.79 Å². The highest BCUT2D eigenvalue weighted by molar-refractivity contribution is 9.10. The number of anilines is 1. The SMILES string of the molecule is O=C(CNC(=O)c1ccccc1Br)Nc1nc2ccccc2[nH]1. The van der Waals surface area contributed by atoms with Crippen LogP contribution in [0.15, 0.2) is 53.0 Å². The summed E-state index contributed by atoms with van der Waals surface area (Å²) in [7, 11) is 0. The normalized spacial score (nSPS) is 10.5. The van der Waals surface area contributed by atoms with Crippen LogP contribution >= 0.6 is 15.9 Å². The van der Waals surface area contributed by atoms with Crippen molar-refractivity contribution in [2.75, 3.05) is 11.9 Å². The molecule has 6 nitrogen and oxygen atoms in total. The Bertz CT molecular complexity index is 842. The number of rotatable bonds is 4. The standard InChI is InChI=1S/C16H13BrN4O2/c17-11-6-2-1-5-10(11)15(23)18-9-14(22)21-16-19-12-7-3-4-8-13(12)20-16/h1-8H,9H2,(H,18,23)(H2,19,20,21,22). The van der Waals surface area contributed by atoms with Crippen molar-refractivity contribution in [3.63, 3.8) is 0 Å². The molecular weight excluding hydrogens is 360 g/mol. The van der Waals surface area contributed by atoms with Gasteiger partial charge in [-0.1, -0.05) is 24.3 Å². The summed E-state index contributed by atoms with van der Waals surface area (Å²) in [6, 6.07) is 14.5. The van der Waals surface area contributed by atoms with Crippen molar-refractivity contribution >= 4 is 44.7 Å². The van der Waals surface area contributed by atoms with Crippen molar-refractivity contribution in [2.45, 2.75) is 0 Å². The summed E-state index contributed by atoms with van der Waals surface area (Å²) in [5.41, 5.74) is 2.07. The Morgan fingerprint density at radius 1 is 1.09 bits per heavy atom. The van der Waals surface area contributed by atoms with Crippen LogP contribution in [0.3, 0.4) is 0 Å². The van der Waals surface area contributed by atoms with E-state index in [0.29, 0.717) is 16.0 Å². The van der Waals surface area contributed by atoms with Crippen molar-refractivity contribution < 1.29 is 9.59 Å². The number of benzene rings is 2. The van der Waals surface area contributed by atoms with Gasteiger partial charge < -0.3 is 10.3 Å². The molecule has 0 aliphatic heterocycles. The first-order valence-corrected chi connectivity index (χ1v) is 7.70. The quantitative estimate of drug-likeness (QED) is 0.657. The van der Waals surface area contributed by atoms with E-state index in [2.05, 4.69) is 36.5 Å². The molecule has 0 saturated carbocycles. The number of H-pyrrole nitrogens is 1. The molecule has 3 rings (SSSR count). The molecule has 0 spiro atoms. The van der Waals surface area contributed by atoms with E-state index in [0.717, 1.165) is 11.0 Å². The first-order valence-electron chi connectivity index (χ1n) is 6.91. The maximum atomic E-state index is 12.0. The molecular formula is C16H13BrN4O2. The maximum absolute atomic E-state index is 12.0. The molecule has 7 heteroatoms. The number of carbonyl (C=O) groups is 2. The van der Waals surface area contributed by atoms with Gasteiger partial charge in [-0.3, -0.25) is 14.9 Å². The summed E-state index contributed by atoms with van der Waals surface area (Å²) in [6.07, 6.45) is 0. The molecule has 2 aromatic carbocycles. The van der Waals surface area contributed by atoms with Gasteiger partial charge in [0.25, 0.3) is 5.91 Å². The van der Waals surface area contributed by atoms with Crippen LogP contribution in [0, 0.1) is 0 Å². The van der Waals surface area contributed by atoms with E-state index in [1.165, 1.54) is 0 Å². The topological polar surface area (TPSA) is 86.9 Å². The molecule has 0 unspecified atom stereocenters. The highest BCUT2D eigenvalue weighted by Crippen LogP contribution is 2.15. The van der Waals surface area contributed by atoms with Crippen LogP contribution in [-0.4, -0.2) is 28.3 Å². The Kier molecular flexibility index (Phi) is 4.38. The van der Waals surface area contributed by atoms with Crippen molar-refractivity contribution in [3.05, 3.63) is 58.6 Å². The number of hydrogen-bond donors (Lipinski definition) is 3. The fraction of sp³-hybridized carbons (Fsp3) is 0.0625. The number of imidazole rings is 1. The summed E-state index contributed by atoms with van der Waals surface area (Å²) < 4.78 is 0.676. The largest absolute Gasteiger partial charge is 0.343 e. The monoisotopic (exact) mass is 372 g/mol. The van der Waals surface area contributed by atoms with Crippen LogP contribution in [0.5, 0.6) is 0 Å². The Morgan fingerprint density at radius 3 is 2.61 bits per heavy atom. The highest BCUT2D eigenvalue weighted by atomic mass is 79.9. The molecule has 0 aliphatic carbocycles. The van der Waals surface area contributed by atoms with Gasteiger partial charge in [-0.25, -0.2) is 4.98 Å². The third-order valence-electron chi connectivity index (χ3n) is 3.18. The lowest BCUT2D eigenvalue weighted by molar-refractivity contribution is -0.115. The summed E-state index contributed by atoms with van der Waals surface area (Å²) in [4.78, 5) is 31.2. The number of nitrogens with one attached hydrogen (secondary N) is 3. The smallest absolute Gasteiger partial charge is 0.252 e. The Morgan fingerprint density at radius 2 is 1.83 bits per heavy atom. The third kappa shape index (κ3) is 3.57. The van der Waals surface area contributed by atoms with E-state index in [9.17, 15) is 9.59 Å². The Hall–Kier alpha value is -2.67. The highest BCUT2D eigenvalue weighted by Gasteiger charge is 2.11. The molecule has 1 heterocycles. The second-order valence-corrected chi connectivity index (χ2v) is 5.67. The predicted molar refractivity (Wildman–Crippen MR) is 91.2 cm³/mol. The summed E-state index contributed by atoms with van der Waals surface area (Å²) in [5, 5.41) is 5.19. The minimum absolute atomic E-state index is 0.142. The molecule has 1 aromatic heterocycles. The number of aromatic nitrogens is 2. The van der Waals surface area contributed by atoms with Gasteiger partial charge >= 0.3 is 0 Å². The van der Waals surface area contributed by atoms with E-state index in [1.807, 2.05) is 30.3 Å². The minimum Gasteiger partial charge on any atom is -0.343 e. The molecule has 3 N–H and O–H groups in total. The lowest BCUT2D eigenvalue weighted by Gasteiger charge is -2.06. The number of para-hydroxylation sites is 2. The Labute approximate surface area is 140 Å². The van der Waals surface area contributed by atoms with Gasteiger partial charge in [-0.2, -0.15) is 0 Å². The zero-order valence-corrected chi connectivity index (χ0v) is 13.6. The molecule has 0 atom stereocenters. The Balaban J connectivity index is 1.59. The fourth-order valence-corrected chi connectivity index (χ4v) is 2.55. The molecule has 23 heavy (non-hydrogen) atoms. The summed E-state index contributed by atoms with van der Waals surface area (Å²) >= 11 is 3.30. The van der Waals surface area contributed by atoms with E-state index in [-0.39, 0.29) is 18.4 Å². The number of halogens is 1. The number of amides is 2. The number of nitrogens with zero attached hydrogens (tertiary/aromatic N) is 1. The lowest BCUT2D eigenvalue weighted by Crippen LogP contribution is -2.33. The van der Waals surface area contributed by atoms with Gasteiger partial charge in [-0.15, -0.1) is 0 Å². The average Bonchev–Trinajstić information content (AvgIpc) is 2.95. The maximum Gasteiger partial charge on any atom is 0.252 e. The third-order valence-corrected chi connectivity index (χ3v) is 3.87. The second kappa shape index (κ2) is 6.62. The molecule has 116 valence electrons. The van der Waals surface area contributed by atoms with Gasteiger partial charge in [-0.05, 0) is 40.2 Å². The molecule has 3 aromatic rings. The zero-order chi connectivity index (χ0) is 16.2. The van der Waals surface area contributed by atoms with Crippen LogP contribution in [0.2, 0.25) is 0 Å². The van der Waals surface area contributed by atoms with E-state index < -0.39 is 0 Å². The van der Waals surface area contributed by atoms with E-state index >= 15 is 0 Å². The first kappa shape index (κ1) is 15.2. The first-order chi connectivity index (χ1) is 11.1. The lowest BCUT2D eigenvalue weighted by atomic mass is 10.2. The van der Waals surface area contributed by atoms with Crippen LogP contribution < -0.4 is 10.6 Å². The molecule has 0 radical (unpaired) electrons. The van der Waals surface area contributed by atoms with Gasteiger partial charge in [0.05, 0.1) is 23.1 Å². The van der Waals surface area contributed by atoms with Crippen molar-refractivity contribution in [1.82, 2.24) is 15.3 Å². The predicted octanol–water partition coefficient (Wildman–Crippen LogP) is 2.69. The van der Waals surface area contributed by atoms with Crippen LogP contribution in [0.25, 0.3) is 11.0 Å². The summed E-state index contributed by atoms with van der Waals surface area (Å²) in [6.45, 7) is -0.142. The number of fused-ring (bicyclic) bond motifs is 1. The van der Waals surface area contributed by atoms with E-state index in [4.69, 9.17) is 0 Å². The van der Waals surface area contributed by atoms with Gasteiger partial charge in [0, 0.05) is 4.47 Å². The molecule has 0 fully saturated rings. The molecule has 0 saturated heterocycles. The van der Waals surface area contributed by atoms with Gasteiger partial charge in [0.1, 0.15) is 0 Å². The number of hydrogen-bond acceptors (Lipinski definition) is 3. The van der Waals surface area contributed by atoms with Crippen LogP contribution in [0.4, 0.5) is 5.95 Å². The van der Waals surface area contributed by atoms with E-state index in [1.54, 1.807) is 18.2 Å². The average molecular weight is 373 g/mol. The van der Waals surface area contributed by atoms with Crippen LogP contribution in [0.1, 0.15) is 10.4 Å². The molecule has 2 amide bonds. The van der Waals surface area contributed by atoms with Crippen molar-refractivity contribution in [2.24, 2.45) is 0 Å². The fourth-order valence-electron chi connectivity index (χ4n) is 2.09. The van der Waals surface area contributed by atoms with Crippen molar-refractivity contribution in [1.29, 1.82) is 0 Å². The zero-order valence-electron chi connectivity index (χ0n) is 12.0. The second-order valence-electron chi connectivity index (χ2n) is 4.81. The minimum atomic E-state index is -0.357. The number of aromatic amines is 1.